The Morgan fingerprint density at radius 3 is 2.68 bits per heavy atom. The first-order valence-corrected chi connectivity index (χ1v) is 8.92. The first kappa shape index (κ1) is 17.6. The highest BCUT2D eigenvalue weighted by Gasteiger charge is 2.20. The van der Waals surface area contributed by atoms with Crippen LogP contribution in [-0.4, -0.2) is 34.9 Å². The molecule has 1 aliphatic heterocycles. The number of piperidine rings is 1. The summed E-state index contributed by atoms with van der Waals surface area (Å²) >= 11 is 5.92. The molecule has 130 valence electrons. The average Bonchev–Trinajstić information content (AvgIpc) is 2.64. The molecule has 0 spiro atoms. The summed E-state index contributed by atoms with van der Waals surface area (Å²) in [7, 11) is 0. The number of amides is 1. The minimum atomic E-state index is -0.0417. The molecule has 0 unspecified atom stereocenters. The first-order chi connectivity index (χ1) is 12.2. The minimum absolute atomic E-state index is 0.0417. The van der Waals surface area contributed by atoms with Crippen LogP contribution in [0.1, 0.15) is 24.0 Å². The van der Waals surface area contributed by atoms with Crippen LogP contribution in [0.4, 0.5) is 0 Å². The van der Waals surface area contributed by atoms with E-state index in [9.17, 15) is 4.79 Å². The maximum atomic E-state index is 12.0. The van der Waals surface area contributed by atoms with E-state index in [1.54, 1.807) is 24.5 Å². The van der Waals surface area contributed by atoms with Crippen molar-refractivity contribution in [3.8, 4) is 0 Å². The van der Waals surface area contributed by atoms with Gasteiger partial charge in [0.25, 0.3) is 0 Å². The van der Waals surface area contributed by atoms with Gasteiger partial charge >= 0.3 is 0 Å². The van der Waals surface area contributed by atoms with E-state index in [0.29, 0.717) is 0 Å². The van der Waals surface area contributed by atoms with Crippen molar-refractivity contribution in [1.29, 1.82) is 0 Å². The average molecular weight is 356 g/mol. The Morgan fingerprint density at radius 2 is 2.00 bits per heavy atom. The molecule has 1 fully saturated rings. The monoisotopic (exact) mass is 355 g/mol. The number of hydrogen-bond acceptors (Lipinski definition) is 3. The Bertz CT molecular complexity index is 707. The third-order valence-corrected chi connectivity index (χ3v) is 4.62. The molecule has 0 saturated carbocycles. The van der Waals surface area contributed by atoms with Crippen molar-refractivity contribution < 1.29 is 4.79 Å². The molecule has 0 aliphatic carbocycles. The van der Waals surface area contributed by atoms with Gasteiger partial charge in [-0.2, -0.15) is 0 Å². The Labute approximate surface area is 153 Å². The van der Waals surface area contributed by atoms with Gasteiger partial charge in [0, 0.05) is 49.2 Å². The van der Waals surface area contributed by atoms with E-state index < -0.39 is 0 Å². The van der Waals surface area contributed by atoms with Gasteiger partial charge in [-0.1, -0.05) is 29.8 Å². The fraction of sp³-hybridized carbons (Fsp3) is 0.300. The van der Waals surface area contributed by atoms with Crippen molar-refractivity contribution >= 4 is 23.6 Å². The smallest absolute Gasteiger partial charge is 0.244 e. The molecule has 1 amide bonds. The molecule has 3 rings (SSSR count). The number of nitrogens with zero attached hydrogens (tertiary/aromatic N) is 2. The summed E-state index contributed by atoms with van der Waals surface area (Å²) in [4.78, 5) is 18.5. The summed E-state index contributed by atoms with van der Waals surface area (Å²) in [6.45, 7) is 2.90. The number of hydrogen-bond donors (Lipinski definition) is 1. The lowest BCUT2D eigenvalue weighted by Crippen LogP contribution is -2.43. The molecule has 1 saturated heterocycles. The summed E-state index contributed by atoms with van der Waals surface area (Å²) in [6.07, 6.45) is 8.77. The fourth-order valence-corrected chi connectivity index (χ4v) is 3.11. The Balaban J connectivity index is 1.42. The molecule has 1 N–H and O–H groups in total. The second-order valence-corrected chi connectivity index (χ2v) is 6.74. The molecule has 2 aromatic rings. The van der Waals surface area contributed by atoms with E-state index in [4.69, 9.17) is 11.6 Å². The van der Waals surface area contributed by atoms with E-state index in [0.717, 1.165) is 43.1 Å². The van der Waals surface area contributed by atoms with Gasteiger partial charge < -0.3 is 5.32 Å². The highest BCUT2D eigenvalue weighted by atomic mass is 35.5. The van der Waals surface area contributed by atoms with Crippen molar-refractivity contribution in [3.05, 3.63) is 71.0 Å². The lowest BCUT2D eigenvalue weighted by atomic mass is 10.0. The Hall–Kier alpha value is -2.17. The van der Waals surface area contributed by atoms with Crippen LogP contribution in [0.2, 0.25) is 5.02 Å². The van der Waals surface area contributed by atoms with Gasteiger partial charge in [-0.25, -0.2) is 0 Å². The molecule has 1 aromatic carbocycles. The van der Waals surface area contributed by atoms with Gasteiger partial charge in [0.2, 0.25) is 5.91 Å². The third kappa shape index (κ3) is 5.69. The number of benzene rings is 1. The van der Waals surface area contributed by atoms with Crippen LogP contribution in [0, 0.1) is 0 Å². The standard InChI is InChI=1S/C20H22ClN3O/c21-18-6-3-17(4-7-18)15-24-12-9-19(10-13-24)23-20(25)8-5-16-2-1-11-22-14-16/h1-8,11,14,19H,9-10,12-13,15H2,(H,23,25)/b8-5+. The third-order valence-electron chi connectivity index (χ3n) is 4.36. The highest BCUT2D eigenvalue weighted by Crippen LogP contribution is 2.16. The van der Waals surface area contributed by atoms with E-state index >= 15 is 0 Å². The number of carbonyl (C=O) groups is 1. The first-order valence-electron chi connectivity index (χ1n) is 8.54. The van der Waals surface area contributed by atoms with Crippen LogP contribution in [0.25, 0.3) is 6.08 Å². The summed E-state index contributed by atoms with van der Waals surface area (Å²) in [5.41, 5.74) is 2.20. The molecule has 1 aromatic heterocycles. The van der Waals surface area contributed by atoms with Gasteiger partial charge in [0.15, 0.2) is 0 Å². The van der Waals surface area contributed by atoms with E-state index in [1.807, 2.05) is 24.3 Å². The zero-order chi connectivity index (χ0) is 17.5. The maximum absolute atomic E-state index is 12.0. The van der Waals surface area contributed by atoms with E-state index in [-0.39, 0.29) is 11.9 Å². The van der Waals surface area contributed by atoms with Crippen molar-refractivity contribution in [2.75, 3.05) is 13.1 Å². The van der Waals surface area contributed by atoms with Crippen molar-refractivity contribution in [1.82, 2.24) is 15.2 Å². The second kappa shape index (κ2) is 8.79. The predicted octanol–water partition coefficient (Wildman–Crippen LogP) is 3.53. The zero-order valence-corrected chi connectivity index (χ0v) is 14.8. The lowest BCUT2D eigenvalue weighted by Gasteiger charge is -2.32. The van der Waals surface area contributed by atoms with E-state index in [1.165, 1.54) is 5.56 Å². The topological polar surface area (TPSA) is 45.2 Å². The van der Waals surface area contributed by atoms with E-state index in [2.05, 4.69) is 27.3 Å². The van der Waals surface area contributed by atoms with Crippen LogP contribution in [0.15, 0.2) is 54.9 Å². The highest BCUT2D eigenvalue weighted by molar-refractivity contribution is 6.30. The number of likely N-dealkylation sites (tertiary alicyclic amines) is 1. The maximum Gasteiger partial charge on any atom is 0.244 e. The van der Waals surface area contributed by atoms with Gasteiger partial charge in [-0.3, -0.25) is 14.7 Å². The fourth-order valence-electron chi connectivity index (χ4n) is 2.98. The van der Waals surface area contributed by atoms with Gasteiger partial charge in [-0.15, -0.1) is 0 Å². The second-order valence-electron chi connectivity index (χ2n) is 6.31. The molecule has 0 bridgehead atoms. The number of pyridine rings is 1. The lowest BCUT2D eigenvalue weighted by molar-refractivity contribution is -0.117. The van der Waals surface area contributed by atoms with Gasteiger partial charge in [0.05, 0.1) is 0 Å². The number of aromatic nitrogens is 1. The van der Waals surface area contributed by atoms with Crippen molar-refractivity contribution in [2.24, 2.45) is 0 Å². The van der Waals surface area contributed by atoms with Crippen LogP contribution in [0.3, 0.4) is 0 Å². The number of rotatable bonds is 5. The Kier molecular flexibility index (Phi) is 6.20. The predicted molar refractivity (Wildman–Crippen MR) is 101 cm³/mol. The molecule has 0 radical (unpaired) electrons. The van der Waals surface area contributed by atoms with Crippen molar-refractivity contribution in [3.63, 3.8) is 0 Å². The van der Waals surface area contributed by atoms with Crippen LogP contribution >= 0.6 is 11.6 Å². The number of carbonyl (C=O) groups excluding carboxylic acids is 1. The number of nitrogens with one attached hydrogen (secondary N) is 1. The molecule has 0 atom stereocenters. The summed E-state index contributed by atoms with van der Waals surface area (Å²) in [5.74, 6) is -0.0417. The summed E-state index contributed by atoms with van der Waals surface area (Å²) in [6, 6.07) is 12.0. The largest absolute Gasteiger partial charge is 0.350 e. The summed E-state index contributed by atoms with van der Waals surface area (Å²) in [5, 5.41) is 3.86. The molecule has 5 heteroatoms. The Morgan fingerprint density at radius 1 is 1.24 bits per heavy atom. The van der Waals surface area contributed by atoms with Gasteiger partial charge in [0.1, 0.15) is 0 Å². The molecular weight excluding hydrogens is 334 g/mol. The zero-order valence-electron chi connectivity index (χ0n) is 14.1. The molecule has 2 heterocycles. The summed E-state index contributed by atoms with van der Waals surface area (Å²) < 4.78 is 0. The van der Waals surface area contributed by atoms with Crippen molar-refractivity contribution in [2.45, 2.75) is 25.4 Å². The van der Waals surface area contributed by atoms with Crippen LogP contribution < -0.4 is 5.32 Å². The minimum Gasteiger partial charge on any atom is -0.350 e. The van der Waals surface area contributed by atoms with Crippen LogP contribution in [-0.2, 0) is 11.3 Å². The molecule has 25 heavy (non-hydrogen) atoms. The number of halogens is 1. The quantitative estimate of drug-likeness (QED) is 0.834. The van der Waals surface area contributed by atoms with Crippen LogP contribution in [0.5, 0.6) is 0 Å². The SMILES string of the molecule is O=C(/C=C/c1cccnc1)NC1CCN(Cc2ccc(Cl)cc2)CC1. The van der Waals surface area contributed by atoms with Gasteiger partial charge in [-0.05, 0) is 48.2 Å². The molecule has 4 nitrogen and oxygen atoms in total. The molecule has 1 aliphatic rings. The molecular formula is C20H22ClN3O. The normalized spacial score (nSPS) is 16.2.